The molecule has 0 amide bonds. The van der Waals surface area contributed by atoms with E-state index in [-0.39, 0.29) is 23.9 Å². The van der Waals surface area contributed by atoms with Crippen LogP contribution in [0.15, 0.2) is 39.9 Å². The molecule has 0 bridgehead atoms. The highest BCUT2D eigenvalue weighted by atomic mass is 16.3. The predicted octanol–water partition coefficient (Wildman–Crippen LogP) is 0.866. The zero-order chi connectivity index (χ0) is 17.4. The molecule has 3 atom stereocenters. The molecule has 6 nitrogen and oxygen atoms in total. The van der Waals surface area contributed by atoms with Gasteiger partial charge in [0, 0.05) is 32.1 Å². The molecule has 1 fully saturated rings. The van der Waals surface area contributed by atoms with Crippen molar-refractivity contribution >= 4 is 0 Å². The molecule has 24 heavy (non-hydrogen) atoms. The number of hydrogen-bond acceptors (Lipinski definition) is 4. The molecule has 0 aliphatic carbocycles. The summed E-state index contributed by atoms with van der Waals surface area (Å²) in [6, 6.07) is 10.3. The largest absolute Gasteiger partial charge is 0.494 e. The molecule has 0 saturated carbocycles. The summed E-state index contributed by atoms with van der Waals surface area (Å²) < 4.78 is 2.21. The van der Waals surface area contributed by atoms with E-state index in [9.17, 15) is 14.7 Å². The summed E-state index contributed by atoms with van der Waals surface area (Å²) in [4.78, 5) is 24.6. The molecule has 6 heteroatoms. The third kappa shape index (κ3) is 2.78. The van der Waals surface area contributed by atoms with Crippen molar-refractivity contribution in [2.24, 2.45) is 14.1 Å². The molecule has 1 aromatic carbocycles. The predicted molar refractivity (Wildman–Crippen MR) is 92.5 cm³/mol. The van der Waals surface area contributed by atoms with Gasteiger partial charge >= 0.3 is 5.69 Å². The zero-order valence-corrected chi connectivity index (χ0v) is 14.2. The number of rotatable bonds is 3. The van der Waals surface area contributed by atoms with Gasteiger partial charge in [0.25, 0.3) is 5.56 Å². The summed E-state index contributed by atoms with van der Waals surface area (Å²) in [6.45, 7) is 2.07. The first kappa shape index (κ1) is 16.5. The molecule has 1 saturated heterocycles. The van der Waals surface area contributed by atoms with Crippen LogP contribution in [-0.2, 0) is 20.5 Å². The summed E-state index contributed by atoms with van der Waals surface area (Å²) in [6.07, 6.45) is 1.51. The molecule has 3 unspecified atom stereocenters. The Kier molecular flexibility index (Phi) is 4.32. The quantitative estimate of drug-likeness (QED) is 0.876. The molecular weight excluding hydrogens is 306 g/mol. The van der Waals surface area contributed by atoms with Crippen molar-refractivity contribution in [1.29, 1.82) is 0 Å². The maximum absolute atomic E-state index is 12.6. The van der Waals surface area contributed by atoms with Crippen LogP contribution in [0.3, 0.4) is 0 Å². The lowest BCUT2D eigenvalue weighted by Gasteiger charge is -2.21. The Morgan fingerprint density at radius 1 is 1.17 bits per heavy atom. The highest BCUT2D eigenvalue weighted by molar-refractivity contribution is 5.31. The van der Waals surface area contributed by atoms with Gasteiger partial charge in [-0.3, -0.25) is 13.9 Å². The van der Waals surface area contributed by atoms with Crippen LogP contribution in [0.5, 0.6) is 5.88 Å². The van der Waals surface area contributed by atoms with E-state index in [1.165, 1.54) is 19.7 Å². The van der Waals surface area contributed by atoms with Crippen LogP contribution in [0.1, 0.15) is 30.4 Å². The standard InChI is InChI=1S/C18H23N3O3/c1-11-9-13(14(19-11)10-12-7-5-4-6-8-12)15-16(22)20(2)18(24)21(3)17(15)23/h4-8,11,13-14,19,22H,9-10H2,1-3H3. The van der Waals surface area contributed by atoms with E-state index < -0.39 is 11.2 Å². The van der Waals surface area contributed by atoms with Gasteiger partial charge in [-0.05, 0) is 25.3 Å². The summed E-state index contributed by atoms with van der Waals surface area (Å²) >= 11 is 0. The fourth-order valence-corrected chi connectivity index (χ4v) is 3.67. The van der Waals surface area contributed by atoms with Crippen LogP contribution in [0.4, 0.5) is 0 Å². The maximum Gasteiger partial charge on any atom is 0.333 e. The van der Waals surface area contributed by atoms with Crippen LogP contribution in [-0.4, -0.2) is 26.3 Å². The van der Waals surface area contributed by atoms with Gasteiger partial charge in [-0.1, -0.05) is 30.3 Å². The van der Waals surface area contributed by atoms with E-state index in [1.54, 1.807) is 0 Å². The van der Waals surface area contributed by atoms with Gasteiger partial charge in [-0.25, -0.2) is 4.79 Å². The van der Waals surface area contributed by atoms with Crippen molar-refractivity contribution in [3.63, 3.8) is 0 Å². The second-order valence-electron chi connectivity index (χ2n) is 6.65. The Hall–Kier alpha value is -2.34. The van der Waals surface area contributed by atoms with Crippen molar-refractivity contribution in [2.75, 3.05) is 0 Å². The first-order valence-corrected chi connectivity index (χ1v) is 8.19. The van der Waals surface area contributed by atoms with Crippen LogP contribution >= 0.6 is 0 Å². The lowest BCUT2D eigenvalue weighted by atomic mass is 9.88. The minimum absolute atomic E-state index is 0.0403. The maximum atomic E-state index is 12.6. The smallest absolute Gasteiger partial charge is 0.333 e. The number of nitrogens with one attached hydrogen (secondary N) is 1. The van der Waals surface area contributed by atoms with Gasteiger partial charge in [-0.2, -0.15) is 0 Å². The highest BCUT2D eigenvalue weighted by Gasteiger charge is 2.37. The molecule has 1 aliphatic rings. The molecule has 3 rings (SSSR count). The average molecular weight is 329 g/mol. The van der Waals surface area contributed by atoms with Gasteiger partial charge in [0.1, 0.15) is 0 Å². The number of aromatic nitrogens is 2. The van der Waals surface area contributed by atoms with Crippen molar-refractivity contribution < 1.29 is 5.11 Å². The third-order valence-corrected chi connectivity index (χ3v) is 4.93. The van der Waals surface area contributed by atoms with Crippen LogP contribution < -0.4 is 16.6 Å². The van der Waals surface area contributed by atoms with Gasteiger partial charge in [0.05, 0.1) is 5.56 Å². The highest BCUT2D eigenvalue weighted by Crippen LogP contribution is 2.34. The second-order valence-corrected chi connectivity index (χ2v) is 6.65. The minimum Gasteiger partial charge on any atom is -0.494 e. The van der Waals surface area contributed by atoms with E-state index >= 15 is 0 Å². The zero-order valence-electron chi connectivity index (χ0n) is 14.2. The summed E-state index contributed by atoms with van der Waals surface area (Å²) in [5.41, 5.74) is 0.585. The average Bonchev–Trinajstić information content (AvgIpc) is 2.92. The normalized spacial score (nSPS) is 23.5. The third-order valence-electron chi connectivity index (χ3n) is 4.93. The summed E-state index contributed by atoms with van der Waals surface area (Å²) in [7, 11) is 2.93. The molecule has 1 aliphatic heterocycles. The van der Waals surface area contributed by atoms with Crippen molar-refractivity contribution in [3.8, 4) is 5.88 Å². The molecule has 2 aromatic rings. The Labute approximate surface area is 140 Å². The van der Waals surface area contributed by atoms with Crippen LogP contribution in [0, 0.1) is 0 Å². The molecular formula is C18H23N3O3. The van der Waals surface area contributed by atoms with Gasteiger partial charge in [0.2, 0.25) is 5.88 Å². The summed E-state index contributed by atoms with van der Waals surface area (Å²) in [5, 5.41) is 13.9. The summed E-state index contributed by atoms with van der Waals surface area (Å²) in [5.74, 6) is -0.354. The molecule has 0 spiro atoms. The SMILES string of the molecule is CC1CC(c2c(O)n(C)c(=O)n(C)c2=O)C(Cc2ccccc2)N1. The molecule has 128 valence electrons. The topological polar surface area (TPSA) is 76.3 Å². The Bertz CT molecular complexity index is 854. The Morgan fingerprint density at radius 3 is 2.50 bits per heavy atom. The first-order valence-electron chi connectivity index (χ1n) is 8.19. The molecule has 2 heterocycles. The van der Waals surface area contributed by atoms with E-state index in [0.29, 0.717) is 5.56 Å². The minimum atomic E-state index is -0.514. The van der Waals surface area contributed by atoms with Crippen molar-refractivity contribution in [2.45, 2.75) is 37.8 Å². The van der Waals surface area contributed by atoms with Gasteiger partial charge in [0.15, 0.2) is 0 Å². The monoisotopic (exact) mass is 329 g/mol. The number of aromatic hydroxyl groups is 1. The second kappa shape index (κ2) is 6.28. The lowest BCUT2D eigenvalue weighted by molar-refractivity contribution is 0.390. The van der Waals surface area contributed by atoms with Gasteiger partial charge in [-0.15, -0.1) is 0 Å². The number of benzene rings is 1. The fourth-order valence-electron chi connectivity index (χ4n) is 3.67. The first-order chi connectivity index (χ1) is 11.4. The van der Waals surface area contributed by atoms with E-state index in [2.05, 4.69) is 24.4 Å². The van der Waals surface area contributed by atoms with E-state index in [1.807, 2.05) is 18.2 Å². The fraction of sp³-hybridized carbons (Fsp3) is 0.444. The van der Waals surface area contributed by atoms with E-state index in [4.69, 9.17) is 0 Å². The number of hydrogen-bond donors (Lipinski definition) is 2. The lowest BCUT2D eigenvalue weighted by Crippen LogP contribution is -2.41. The van der Waals surface area contributed by atoms with Crippen molar-refractivity contribution in [1.82, 2.24) is 14.5 Å². The Balaban J connectivity index is 2.04. The Morgan fingerprint density at radius 2 is 1.83 bits per heavy atom. The molecule has 0 radical (unpaired) electrons. The van der Waals surface area contributed by atoms with Crippen LogP contribution in [0.2, 0.25) is 0 Å². The van der Waals surface area contributed by atoms with Crippen LogP contribution in [0.25, 0.3) is 0 Å². The van der Waals surface area contributed by atoms with Gasteiger partial charge < -0.3 is 10.4 Å². The number of nitrogens with zero attached hydrogens (tertiary/aromatic N) is 2. The van der Waals surface area contributed by atoms with Crippen molar-refractivity contribution in [3.05, 3.63) is 62.3 Å². The van der Waals surface area contributed by atoms with E-state index in [0.717, 1.165) is 22.0 Å². The molecule has 1 aromatic heterocycles. The molecule has 2 N–H and O–H groups in total.